The first kappa shape index (κ1) is 33.6. The lowest BCUT2D eigenvalue weighted by molar-refractivity contribution is -0.140. The van der Waals surface area contributed by atoms with Crippen LogP contribution < -0.4 is 14.4 Å². The van der Waals surface area contributed by atoms with Crippen LogP contribution in [-0.2, 0) is 32.6 Å². The number of rotatable bonds is 14. The summed E-state index contributed by atoms with van der Waals surface area (Å²) in [5.74, 6) is -0.185. The minimum atomic E-state index is -4.20. The molecule has 0 heterocycles. The molecule has 0 aliphatic heterocycles. The molecule has 0 aromatic heterocycles. The van der Waals surface area contributed by atoms with E-state index in [2.05, 4.69) is 5.32 Å². The summed E-state index contributed by atoms with van der Waals surface area (Å²) in [5, 5.41) is 3.47. The molecule has 0 aliphatic carbocycles. The van der Waals surface area contributed by atoms with Crippen LogP contribution in [0.4, 0.5) is 5.69 Å². The lowest BCUT2D eigenvalue weighted by atomic mass is 10.0. The fraction of sp³-hybridized carbons (Fsp3) is 0.257. The molecule has 10 heteroatoms. The van der Waals surface area contributed by atoms with Gasteiger partial charge in [0, 0.05) is 24.5 Å². The first-order valence-corrected chi connectivity index (χ1v) is 16.5. The van der Waals surface area contributed by atoms with Crippen molar-refractivity contribution in [2.75, 3.05) is 24.5 Å². The summed E-state index contributed by atoms with van der Waals surface area (Å²) >= 11 is 6.30. The van der Waals surface area contributed by atoms with Gasteiger partial charge < -0.3 is 15.0 Å². The summed E-state index contributed by atoms with van der Waals surface area (Å²) < 4.78 is 34.4. The Hall–Kier alpha value is -4.34. The van der Waals surface area contributed by atoms with Gasteiger partial charge in [-0.2, -0.15) is 0 Å². The quantitative estimate of drug-likeness (QED) is 0.182. The van der Waals surface area contributed by atoms with Crippen LogP contribution in [0.2, 0.25) is 5.02 Å². The van der Waals surface area contributed by atoms with Gasteiger partial charge in [0.05, 0.1) is 17.7 Å². The molecule has 0 radical (unpaired) electrons. The molecular weight excluding hydrogens is 610 g/mol. The topological polar surface area (TPSA) is 96.0 Å². The van der Waals surface area contributed by atoms with E-state index >= 15 is 0 Å². The third kappa shape index (κ3) is 9.09. The second kappa shape index (κ2) is 15.6. The summed E-state index contributed by atoms with van der Waals surface area (Å²) in [7, 11) is -2.71. The van der Waals surface area contributed by atoms with E-state index < -0.39 is 28.5 Å². The van der Waals surface area contributed by atoms with Crippen LogP contribution >= 0.6 is 11.6 Å². The van der Waals surface area contributed by atoms with Gasteiger partial charge in [0.25, 0.3) is 10.0 Å². The van der Waals surface area contributed by atoms with Crippen molar-refractivity contribution < 1.29 is 22.7 Å². The Morgan fingerprint density at radius 3 is 2.07 bits per heavy atom. The van der Waals surface area contributed by atoms with E-state index in [1.165, 1.54) is 24.1 Å². The van der Waals surface area contributed by atoms with Gasteiger partial charge in [0.2, 0.25) is 11.8 Å². The summed E-state index contributed by atoms with van der Waals surface area (Å²) in [4.78, 5) is 29.7. The number of methoxy groups -OCH3 is 1. The fourth-order valence-corrected chi connectivity index (χ4v) is 6.43. The van der Waals surface area contributed by atoms with E-state index in [1.54, 1.807) is 60.7 Å². The van der Waals surface area contributed by atoms with Crippen LogP contribution in [0.1, 0.15) is 25.0 Å². The maximum atomic E-state index is 14.5. The van der Waals surface area contributed by atoms with Crippen molar-refractivity contribution in [3.8, 4) is 5.75 Å². The van der Waals surface area contributed by atoms with E-state index in [9.17, 15) is 18.0 Å². The van der Waals surface area contributed by atoms with Gasteiger partial charge in [-0.25, -0.2) is 8.42 Å². The fourth-order valence-electron chi connectivity index (χ4n) is 4.81. The number of carbonyl (C=O) groups is 2. The lowest BCUT2D eigenvalue weighted by Crippen LogP contribution is -2.53. The van der Waals surface area contributed by atoms with Crippen LogP contribution in [-0.4, -0.2) is 51.4 Å². The number of ether oxygens (including phenoxy) is 1. The summed E-state index contributed by atoms with van der Waals surface area (Å²) in [6, 6.07) is 30.0. The number of halogens is 1. The minimum absolute atomic E-state index is 0.00291. The van der Waals surface area contributed by atoms with Crippen LogP contribution in [0.3, 0.4) is 0 Å². The Morgan fingerprint density at radius 2 is 1.47 bits per heavy atom. The SMILES string of the molecule is COc1ccc(S(=O)(=O)N(CC(=O)N(Cc2cccc(Cl)c2)C(Cc2ccccc2)C(=O)NCC(C)C)c2ccccc2)cc1. The van der Waals surface area contributed by atoms with Crippen molar-refractivity contribution in [3.05, 3.63) is 125 Å². The maximum absolute atomic E-state index is 14.5. The summed E-state index contributed by atoms with van der Waals surface area (Å²) in [5.41, 5.74) is 1.87. The molecule has 4 rings (SSSR count). The lowest BCUT2D eigenvalue weighted by Gasteiger charge is -2.34. The molecule has 4 aromatic rings. The Balaban J connectivity index is 1.78. The average Bonchev–Trinajstić information content (AvgIpc) is 3.04. The predicted molar refractivity (Wildman–Crippen MR) is 178 cm³/mol. The van der Waals surface area contributed by atoms with Crippen molar-refractivity contribution in [2.45, 2.75) is 37.8 Å². The van der Waals surface area contributed by atoms with E-state index in [1.807, 2.05) is 50.2 Å². The smallest absolute Gasteiger partial charge is 0.264 e. The number of nitrogens with one attached hydrogen (secondary N) is 1. The number of anilines is 1. The molecule has 236 valence electrons. The van der Waals surface area contributed by atoms with Gasteiger partial charge in [0.15, 0.2) is 0 Å². The highest BCUT2D eigenvalue weighted by atomic mass is 35.5. The molecule has 1 N–H and O–H groups in total. The highest BCUT2D eigenvalue weighted by Crippen LogP contribution is 2.26. The summed E-state index contributed by atoms with van der Waals surface area (Å²) in [6.45, 7) is 3.90. The van der Waals surface area contributed by atoms with Crippen molar-refractivity contribution in [1.82, 2.24) is 10.2 Å². The van der Waals surface area contributed by atoms with Gasteiger partial charge in [-0.1, -0.05) is 86.1 Å². The highest BCUT2D eigenvalue weighted by molar-refractivity contribution is 7.92. The van der Waals surface area contributed by atoms with Crippen molar-refractivity contribution in [3.63, 3.8) is 0 Å². The van der Waals surface area contributed by atoms with Gasteiger partial charge in [-0.15, -0.1) is 0 Å². The Labute approximate surface area is 270 Å². The van der Waals surface area contributed by atoms with Gasteiger partial charge >= 0.3 is 0 Å². The van der Waals surface area contributed by atoms with E-state index in [0.717, 1.165) is 9.87 Å². The molecule has 0 aliphatic rings. The zero-order chi connectivity index (χ0) is 32.4. The zero-order valence-corrected chi connectivity index (χ0v) is 27.2. The number of hydrogen-bond donors (Lipinski definition) is 1. The normalized spacial score (nSPS) is 11.9. The van der Waals surface area contributed by atoms with E-state index in [4.69, 9.17) is 16.3 Å². The molecule has 0 spiro atoms. The first-order chi connectivity index (χ1) is 21.6. The minimum Gasteiger partial charge on any atom is -0.497 e. The molecule has 8 nitrogen and oxygen atoms in total. The molecule has 4 aromatic carbocycles. The monoisotopic (exact) mass is 647 g/mol. The van der Waals surface area contributed by atoms with Crippen LogP contribution in [0, 0.1) is 5.92 Å². The molecule has 0 saturated heterocycles. The second-order valence-electron chi connectivity index (χ2n) is 11.0. The molecule has 1 unspecified atom stereocenters. The van der Waals surface area contributed by atoms with Gasteiger partial charge in [0.1, 0.15) is 18.3 Å². The first-order valence-electron chi connectivity index (χ1n) is 14.7. The number of nitrogens with zero attached hydrogens (tertiary/aromatic N) is 2. The zero-order valence-electron chi connectivity index (χ0n) is 25.6. The third-order valence-electron chi connectivity index (χ3n) is 7.17. The number of hydrogen-bond acceptors (Lipinski definition) is 5. The Bertz CT molecular complexity index is 1670. The van der Waals surface area contributed by atoms with Crippen LogP contribution in [0.25, 0.3) is 0 Å². The predicted octanol–water partition coefficient (Wildman–Crippen LogP) is 5.96. The van der Waals surface area contributed by atoms with Crippen LogP contribution in [0.15, 0.2) is 114 Å². The number of para-hydroxylation sites is 1. The molecule has 0 fully saturated rings. The van der Waals surface area contributed by atoms with Gasteiger partial charge in [-0.3, -0.25) is 13.9 Å². The number of carbonyl (C=O) groups excluding carboxylic acids is 2. The number of benzene rings is 4. The van der Waals surface area contributed by atoms with Crippen LogP contribution in [0.5, 0.6) is 5.75 Å². The van der Waals surface area contributed by atoms with Crippen molar-refractivity contribution >= 4 is 39.1 Å². The molecule has 0 bridgehead atoms. The standard InChI is InChI=1S/C35H38ClN3O5S/c1-26(2)23-37-35(41)33(22-27-11-6-4-7-12-27)38(24-28-13-10-14-29(36)21-28)34(40)25-39(30-15-8-5-9-16-30)45(42,43)32-19-17-31(44-3)18-20-32/h4-21,26,33H,22-25H2,1-3H3,(H,37,41). The number of amides is 2. The maximum Gasteiger partial charge on any atom is 0.264 e. The highest BCUT2D eigenvalue weighted by Gasteiger charge is 2.34. The van der Waals surface area contributed by atoms with Crippen molar-refractivity contribution in [1.29, 1.82) is 0 Å². The molecule has 1 atom stereocenters. The molecular formula is C35H38ClN3O5S. The third-order valence-corrected chi connectivity index (χ3v) is 9.19. The van der Waals surface area contributed by atoms with E-state index in [0.29, 0.717) is 28.6 Å². The summed E-state index contributed by atoms with van der Waals surface area (Å²) in [6.07, 6.45) is 0.230. The average molecular weight is 648 g/mol. The molecule has 45 heavy (non-hydrogen) atoms. The second-order valence-corrected chi connectivity index (χ2v) is 13.3. The molecule has 2 amide bonds. The molecule has 0 saturated carbocycles. The Morgan fingerprint density at radius 1 is 0.844 bits per heavy atom. The largest absolute Gasteiger partial charge is 0.497 e. The van der Waals surface area contributed by atoms with E-state index in [-0.39, 0.29) is 29.7 Å². The number of sulfonamides is 1. The van der Waals surface area contributed by atoms with Crippen molar-refractivity contribution in [2.24, 2.45) is 5.92 Å². The Kier molecular flexibility index (Phi) is 11.6. The van der Waals surface area contributed by atoms with Gasteiger partial charge in [-0.05, 0) is 65.6 Å².